The number of Topliss-reactive ketones (excluding diaryl/α,β-unsaturated/α-hetero) is 1. The van der Waals surface area contributed by atoms with Crippen LogP contribution < -0.4 is 10.1 Å². The van der Waals surface area contributed by atoms with Crippen LogP contribution in [0.15, 0.2) is 12.4 Å². The minimum Gasteiger partial charge on any atom is -0.474 e. The van der Waals surface area contributed by atoms with Crippen LogP contribution in [0.1, 0.15) is 61.8 Å². The van der Waals surface area contributed by atoms with E-state index in [0.717, 1.165) is 80.7 Å². The number of aromatic nitrogens is 4. The average molecular weight is 511 g/mol. The molecular weight excluding hydrogens is 476 g/mol. The summed E-state index contributed by atoms with van der Waals surface area (Å²) in [6.45, 7) is 5.43. The van der Waals surface area contributed by atoms with Crippen molar-refractivity contribution in [3.63, 3.8) is 0 Å². The molecule has 0 radical (unpaired) electrons. The van der Waals surface area contributed by atoms with Gasteiger partial charge in [0.2, 0.25) is 11.8 Å². The number of nitrogens with zero attached hydrogens (tertiary/aromatic N) is 5. The molecule has 0 spiro atoms. The van der Waals surface area contributed by atoms with Crippen LogP contribution in [0.2, 0.25) is 0 Å². The number of nitrogens with one attached hydrogen (secondary N) is 1. The first-order valence-electron chi connectivity index (χ1n) is 13.1. The summed E-state index contributed by atoms with van der Waals surface area (Å²) in [5, 5.41) is 8.56. The van der Waals surface area contributed by atoms with Gasteiger partial charge in [-0.25, -0.2) is 4.98 Å². The van der Waals surface area contributed by atoms with Crippen LogP contribution in [-0.2, 0) is 23.0 Å². The van der Waals surface area contributed by atoms with Gasteiger partial charge in [-0.05, 0) is 56.9 Å². The van der Waals surface area contributed by atoms with Crippen LogP contribution in [0.4, 0.5) is 11.6 Å². The minimum absolute atomic E-state index is 0.134. The molecular formula is C26H34N6O3S. The molecule has 36 heavy (non-hydrogen) atoms. The molecule has 0 amide bonds. The Hall–Kier alpha value is -2.56. The van der Waals surface area contributed by atoms with Crippen LogP contribution >= 0.6 is 11.3 Å². The first kappa shape index (κ1) is 23.8. The van der Waals surface area contributed by atoms with E-state index in [1.807, 2.05) is 13.2 Å². The molecule has 1 saturated heterocycles. The Bertz CT molecular complexity index is 1240. The van der Waals surface area contributed by atoms with Gasteiger partial charge in [-0.2, -0.15) is 10.1 Å². The second-order valence-electron chi connectivity index (χ2n) is 10.3. The van der Waals surface area contributed by atoms with Crippen molar-refractivity contribution in [3.8, 4) is 5.88 Å². The molecule has 0 bridgehead atoms. The van der Waals surface area contributed by atoms with Gasteiger partial charge in [0.25, 0.3) is 0 Å². The van der Waals surface area contributed by atoms with E-state index in [-0.39, 0.29) is 17.8 Å². The maximum atomic E-state index is 12.0. The number of hydrogen-bond acceptors (Lipinski definition) is 9. The van der Waals surface area contributed by atoms with Crippen molar-refractivity contribution in [2.45, 2.75) is 69.9 Å². The Morgan fingerprint density at radius 1 is 1.19 bits per heavy atom. The third kappa shape index (κ3) is 4.86. The molecule has 192 valence electrons. The van der Waals surface area contributed by atoms with Crippen LogP contribution in [0.3, 0.4) is 0 Å². The Kier molecular flexibility index (Phi) is 6.66. The molecule has 3 aromatic heterocycles. The number of hydrogen-bond donors (Lipinski definition) is 1. The topological polar surface area (TPSA) is 94.4 Å². The summed E-state index contributed by atoms with van der Waals surface area (Å²) in [4.78, 5) is 26.6. The zero-order chi connectivity index (χ0) is 24.6. The van der Waals surface area contributed by atoms with Gasteiger partial charge in [0.15, 0.2) is 0 Å². The normalized spacial score (nSPS) is 24.7. The van der Waals surface area contributed by atoms with Crippen molar-refractivity contribution in [1.29, 1.82) is 0 Å². The Morgan fingerprint density at radius 3 is 2.72 bits per heavy atom. The lowest BCUT2D eigenvalue weighted by molar-refractivity contribution is -0.117. The fraction of sp³-hybridized carbons (Fsp3) is 0.615. The third-order valence-electron chi connectivity index (χ3n) is 7.74. The van der Waals surface area contributed by atoms with Crippen molar-refractivity contribution >= 4 is 39.0 Å². The number of fused-ring (bicyclic) bond motifs is 3. The summed E-state index contributed by atoms with van der Waals surface area (Å²) in [5.74, 6) is 1.64. The average Bonchev–Trinajstić information content (AvgIpc) is 3.56. The molecule has 9 nitrogen and oxygen atoms in total. The largest absolute Gasteiger partial charge is 0.474 e. The first-order chi connectivity index (χ1) is 17.5. The van der Waals surface area contributed by atoms with E-state index in [2.05, 4.69) is 15.3 Å². The lowest BCUT2D eigenvalue weighted by Gasteiger charge is -2.38. The minimum atomic E-state index is 0.134. The maximum Gasteiger partial charge on any atom is 0.232 e. The van der Waals surface area contributed by atoms with E-state index < -0.39 is 0 Å². The Labute approximate surface area is 215 Å². The summed E-state index contributed by atoms with van der Waals surface area (Å²) in [6, 6.07) is 0.618. The number of morpholine rings is 1. The third-order valence-corrected chi connectivity index (χ3v) is 8.90. The lowest BCUT2D eigenvalue weighted by Crippen LogP contribution is -2.46. The predicted molar refractivity (Wildman–Crippen MR) is 139 cm³/mol. The van der Waals surface area contributed by atoms with Crippen LogP contribution in [0.25, 0.3) is 10.2 Å². The van der Waals surface area contributed by atoms with Gasteiger partial charge in [-0.1, -0.05) is 0 Å². The molecule has 2 fully saturated rings. The summed E-state index contributed by atoms with van der Waals surface area (Å²) in [6.07, 6.45) is 10.7. The fourth-order valence-corrected chi connectivity index (χ4v) is 7.30. The summed E-state index contributed by atoms with van der Waals surface area (Å²) in [7, 11) is 1.88. The fourth-order valence-electron chi connectivity index (χ4n) is 6.04. The van der Waals surface area contributed by atoms with Crippen LogP contribution in [0, 0.1) is 0 Å². The quantitative estimate of drug-likeness (QED) is 0.505. The van der Waals surface area contributed by atoms with Crippen molar-refractivity contribution in [2.75, 3.05) is 31.6 Å². The number of carbonyl (C=O) groups excluding carboxylic acids is 1. The summed E-state index contributed by atoms with van der Waals surface area (Å²) in [5.41, 5.74) is 2.09. The van der Waals surface area contributed by atoms with Crippen molar-refractivity contribution in [1.82, 2.24) is 24.6 Å². The van der Waals surface area contributed by atoms with Crippen molar-refractivity contribution in [3.05, 3.63) is 22.8 Å². The Balaban J connectivity index is 1.28. The standard InChI is InChI=1S/C26H34N6O3S/c1-16(33)13-17-3-8-21-22(17)23-24(29-26(30-25(23)36-21)28-18-14-27-31(2)15-18)35-20-6-4-19(5-7-20)32-9-11-34-12-10-32/h14-15,17,19-20H,3-13H2,1-2H3,(H,28,29,30)/t17-,19-,20-/m1/s1. The maximum absolute atomic E-state index is 12.0. The van der Waals surface area contributed by atoms with Gasteiger partial charge in [-0.3, -0.25) is 9.58 Å². The number of ether oxygens (including phenoxy) is 2. The summed E-state index contributed by atoms with van der Waals surface area (Å²) >= 11 is 1.72. The molecule has 3 aliphatic rings. The van der Waals surface area contributed by atoms with Gasteiger partial charge in [0.05, 0.1) is 30.5 Å². The van der Waals surface area contributed by atoms with Gasteiger partial charge in [-0.15, -0.1) is 11.3 Å². The zero-order valence-electron chi connectivity index (χ0n) is 21.0. The highest BCUT2D eigenvalue weighted by Gasteiger charge is 2.33. The van der Waals surface area contributed by atoms with E-state index in [4.69, 9.17) is 19.4 Å². The van der Waals surface area contributed by atoms with Gasteiger partial charge in [0, 0.05) is 43.7 Å². The number of rotatable bonds is 7. The van der Waals surface area contributed by atoms with Gasteiger partial charge >= 0.3 is 0 Å². The molecule has 2 aliphatic carbocycles. The molecule has 0 aromatic carbocycles. The molecule has 6 rings (SSSR count). The Morgan fingerprint density at radius 2 is 2.00 bits per heavy atom. The molecule has 4 heterocycles. The second-order valence-corrected chi connectivity index (χ2v) is 11.4. The highest BCUT2D eigenvalue weighted by atomic mass is 32.1. The van der Waals surface area contributed by atoms with Crippen LogP contribution in [0.5, 0.6) is 5.88 Å². The highest BCUT2D eigenvalue weighted by Crippen LogP contribution is 2.48. The molecule has 1 atom stereocenters. The van der Waals surface area contributed by atoms with Crippen molar-refractivity contribution in [2.24, 2.45) is 7.05 Å². The number of thiophene rings is 1. The number of carbonyl (C=O) groups is 1. The van der Waals surface area contributed by atoms with Crippen LogP contribution in [-0.4, -0.2) is 68.9 Å². The van der Waals surface area contributed by atoms with E-state index >= 15 is 0 Å². The predicted octanol–water partition coefficient (Wildman–Crippen LogP) is 4.20. The van der Waals surface area contributed by atoms with E-state index in [0.29, 0.717) is 24.3 Å². The SMILES string of the molecule is CC(=O)C[C@H]1CCc2sc3nc(Nc4cnn(C)c4)nc(O[C@H]4CC[C@H](N5CCOCC5)CC4)c3c21. The molecule has 0 unspecified atom stereocenters. The molecule has 1 aliphatic heterocycles. The van der Waals surface area contributed by atoms with Gasteiger partial charge < -0.3 is 19.6 Å². The zero-order valence-corrected chi connectivity index (χ0v) is 21.9. The number of anilines is 2. The molecule has 10 heteroatoms. The molecule has 1 saturated carbocycles. The van der Waals surface area contributed by atoms with Crippen molar-refractivity contribution < 1.29 is 14.3 Å². The molecule has 3 aromatic rings. The molecule has 1 N–H and O–H groups in total. The van der Waals surface area contributed by atoms with E-state index in [1.54, 1.807) is 29.1 Å². The smallest absolute Gasteiger partial charge is 0.232 e. The first-order valence-corrected chi connectivity index (χ1v) is 13.9. The summed E-state index contributed by atoms with van der Waals surface area (Å²) < 4.78 is 14.0. The monoisotopic (exact) mass is 510 g/mol. The highest BCUT2D eigenvalue weighted by molar-refractivity contribution is 7.19. The number of aryl methyl sites for hydroxylation is 2. The second kappa shape index (κ2) is 10.1. The van der Waals surface area contributed by atoms with E-state index in [1.165, 1.54) is 10.4 Å². The lowest BCUT2D eigenvalue weighted by atomic mass is 9.91. The van der Waals surface area contributed by atoms with E-state index in [9.17, 15) is 4.79 Å². The number of ketones is 1. The van der Waals surface area contributed by atoms with Gasteiger partial charge in [0.1, 0.15) is 16.7 Å².